The highest BCUT2D eigenvalue weighted by atomic mass is 79.9. The maximum atomic E-state index is 11.9. The van der Waals surface area contributed by atoms with E-state index in [0.717, 1.165) is 10.0 Å². The van der Waals surface area contributed by atoms with E-state index in [2.05, 4.69) is 15.9 Å². The van der Waals surface area contributed by atoms with E-state index in [1.54, 1.807) is 0 Å². The largest absolute Gasteiger partial charge is 0.324 e. The Morgan fingerprint density at radius 1 is 1.33 bits per heavy atom. The molecule has 1 rings (SSSR count). The molecular formula is C9H11BrFN. The van der Waals surface area contributed by atoms with Crippen LogP contribution in [0.2, 0.25) is 0 Å². The number of rotatable bonds is 3. The topological polar surface area (TPSA) is 26.0 Å². The molecule has 0 radical (unpaired) electrons. The van der Waals surface area contributed by atoms with Gasteiger partial charge in [-0.05, 0) is 24.1 Å². The third kappa shape index (κ3) is 2.57. The van der Waals surface area contributed by atoms with Gasteiger partial charge in [-0.25, -0.2) is 0 Å². The van der Waals surface area contributed by atoms with Crippen LogP contribution >= 0.6 is 15.9 Å². The first-order chi connectivity index (χ1) is 5.74. The number of hydrogen-bond acceptors (Lipinski definition) is 1. The van der Waals surface area contributed by atoms with Gasteiger partial charge in [0.05, 0.1) is 6.67 Å². The maximum absolute atomic E-state index is 11.9. The molecule has 0 saturated heterocycles. The summed E-state index contributed by atoms with van der Waals surface area (Å²) in [5.74, 6) is 0. The summed E-state index contributed by atoms with van der Waals surface area (Å²) in [4.78, 5) is 0. The summed E-state index contributed by atoms with van der Waals surface area (Å²) in [5, 5.41) is 0. The smallest absolute Gasteiger partial charge is 0.0912 e. The van der Waals surface area contributed by atoms with Gasteiger partial charge in [-0.15, -0.1) is 0 Å². The normalized spacial score (nSPS) is 12.9. The van der Waals surface area contributed by atoms with Gasteiger partial charge in [-0.3, -0.25) is 4.39 Å². The lowest BCUT2D eigenvalue weighted by atomic mass is 10.1. The van der Waals surface area contributed by atoms with Gasteiger partial charge >= 0.3 is 0 Å². The van der Waals surface area contributed by atoms with Gasteiger partial charge < -0.3 is 5.73 Å². The van der Waals surface area contributed by atoms with Crippen LogP contribution in [0.1, 0.15) is 18.0 Å². The van der Waals surface area contributed by atoms with Crippen LogP contribution in [-0.4, -0.2) is 6.67 Å². The lowest BCUT2D eigenvalue weighted by Crippen LogP contribution is -2.10. The first-order valence-corrected chi connectivity index (χ1v) is 4.60. The molecule has 0 bridgehead atoms. The number of benzene rings is 1. The van der Waals surface area contributed by atoms with Crippen LogP contribution in [-0.2, 0) is 0 Å². The molecule has 2 N–H and O–H groups in total. The molecule has 0 aromatic heterocycles. The molecule has 0 spiro atoms. The van der Waals surface area contributed by atoms with E-state index in [1.807, 2.05) is 24.3 Å². The molecular weight excluding hydrogens is 221 g/mol. The molecule has 0 amide bonds. The standard InChI is InChI=1S/C9H11BrFN/c10-8-3-1-7(2-4-8)9(12)5-6-11/h1-4,9H,5-6,12H2/t9-/m1/s1. The van der Waals surface area contributed by atoms with Crippen LogP contribution in [0, 0.1) is 0 Å². The van der Waals surface area contributed by atoms with Crippen LogP contribution in [0.5, 0.6) is 0 Å². The molecule has 0 fully saturated rings. The van der Waals surface area contributed by atoms with Crippen LogP contribution in [0.15, 0.2) is 28.7 Å². The zero-order chi connectivity index (χ0) is 8.97. The fourth-order valence-electron chi connectivity index (χ4n) is 0.994. The van der Waals surface area contributed by atoms with Gasteiger partial charge in [0.1, 0.15) is 0 Å². The lowest BCUT2D eigenvalue weighted by molar-refractivity contribution is 0.442. The molecule has 1 aromatic carbocycles. The van der Waals surface area contributed by atoms with Gasteiger partial charge in [0.25, 0.3) is 0 Å². The van der Waals surface area contributed by atoms with Crippen molar-refractivity contribution < 1.29 is 4.39 Å². The molecule has 0 aliphatic carbocycles. The molecule has 66 valence electrons. The Hall–Kier alpha value is -0.410. The van der Waals surface area contributed by atoms with E-state index in [1.165, 1.54) is 0 Å². The summed E-state index contributed by atoms with van der Waals surface area (Å²) in [6.07, 6.45) is 0.391. The van der Waals surface area contributed by atoms with Crippen LogP contribution < -0.4 is 5.73 Å². The Morgan fingerprint density at radius 3 is 2.42 bits per heavy atom. The van der Waals surface area contributed by atoms with Gasteiger partial charge in [0, 0.05) is 10.5 Å². The van der Waals surface area contributed by atoms with Crippen molar-refractivity contribution in [2.24, 2.45) is 5.73 Å². The molecule has 0 aliphatic rings. The average molecular weight is 232 g/mol. The summed E-state index contributed by atoms with van der Waals surface area (Å²) < 4.78 is 12.9. The summed E-state index contributed by atoms with van der Waals surface area (Å²) in [5.41, 5.74) is 6.68. The van der Waals surface area contributed by atoms with E-state index in [4.69, 9.17) is 5.73 Å². The minimum Gasteiger partial charge on any atom is -0.324 e. The predicted molar refractivity (Wildman–Crippen MR) is 51.7 cm³/mol. The number of hydrogen-bond donors (Lipinski definition) is 1. The van der Waals surface area contributed by atoms with Crippen molar-refractivity contribution in [3.63, 3.8) is 0 Å². The quantitative estimate of drug-likeness (QED) is 0.851. The summed E-state index contributed by atoms with van der Waals surface area (Å²) in [6, 6.07) is 7.46. The molecule has 0 unspecified atom stereocenters. The lowest BCUT2D eigenvalue weighted by Gasteiger charge is -2.08. The first kappa shape index (κ1) is 9.68. The fraction of sp³-hybridized carbons (Fsp3) is 0.333. The second-order valence-electron chi connectivity index (χ2n) is 2.64. The van der Waals surface area contributed by atoms with Crippen molar-refractivity contribution in [3.8, 4) is 0 Å². The minimum atomic E-state index is -0.364. The number of nitrogens with two attached hydrogens (primary N) is 1. The summed E-state index contributed by atoms with van der Waals surface area (Å²) in [7, 11) is 0. The highest BCUT2D eigenvalue weighted by Gasteiger charge is 2.04. The second-order valence-corrected chi connectivity index (χ2v) is 3.55. The van der Waals surface area contributed by atoms with E-state index in [9.17, 15) is 4.39 Å². The molecule has 0 saturated carbocycles. The fourth-order valence-corrected chi connectivity index (χ4v) is 1.26. The second kappa shape index (κ2) is 4.58. The van der Waals surface area contributed by atoms with Crippen molar-refractivity contribution in [2.75, 3.05) is 6.67 Å². The zero-order valence-corrected chi connectivity index (χ0v) is 8.22. The first-order valence-electron chi connectivity index (χ1n) is 3.81. The molecule has 0 aliphatic heterocycles. The monoisotopic (exact) mass is 231 g/mol. The van der Waals surface area contributed by atoms with Crippen LogP contribution in [0.25, 0.3) is 0 Å². The number of alkyl halides is 1. The van der Waals surface area contributed by atoms with Gasteiger partial charge in [-0.1, -0.05) is 28.1 Å². The van der Waals surface area contributed by atoms with E-state index >= 15 is 0 Å². The Balaban J connectivity index is 2.68. The Bertz CT molecular complexity index is 235. The van der Waals surface area contributed by atoms with Crippen molar-refractivity contribution in [3.05, 3.63) is 34.3 Å². The third-order valence-electron chi connectivity index (χ3n) is 1.72. The molecule has 3 heteroatoms. The van der Waals surface area contributed by atoms with E-state index < -0.39 is 0 Å². The minimum absolute atomic E-state index is 0.178. The number of halogens is 2. The maximum Gasteiger partial charge on any atom is 0.0912 e. The molecule has 1 atom stereocenters. The van der Waals surface area contributed by atoms with Crippen molar-refractivity contribution in [2.45, 2.75) is 12.5 Å². The SMILES string of the molecule is N[C@H](CCF)c1ccc(Br)cc1. The Labute approximate surface area is 79.9 Å². The van der Waals surface area contributed by atoms with Gasteiger partial charge in [0.2, 0.25) is 0 Å². The van der Waals surface area contributed by atoms with Gasteiger partial charge in [0.15, 0.2) is 0 Å². The molecule has 0 heterocycles. The summed E-state index contributed by atoms with van der Waals surface area (Å²) in [6.45, 7) is -0.364. The third-order valence-corrected chi connectivity index (χ3v) is 2.25. The van der Waals surface area contributed by atoms with Crippen LogP contribution in [0.3, 0.4) is 0 Å². The average Bonchev–Trinajstić information content (AvgIpc) is 2.06. The Kier molecular flexibility index (Phi) is 3.69. The predicted octanol–water partition coefficient (Wildman–Crippen LogP) is 2.81. The summed E-state index contributed by atoms with van der Waals surface area (Å²) >= 11 is 3.32. The van der Waals surface area contributed by atoms with Crippen molar-refractivity contribution in [1.82, 2.24) is 0 Å². The molecule has 1 nitrogen and oxygen atoms in total. The molecule has 1 aromatic rings. The van der Waals surface area contributed by atoms with Crippen molar-refractivity contribution in [1.29, 1.82) is 0 Å². The zero-order valence-electron chi connectivity index (χ0n) is 6.63. The van der Waals surface area contributed by atoms with E-state index in [-0.39, 0.29) is 12.7 Å². The van der Waals surface area contributed by atoms with Crippen LogP contribution in [0.4, 0.5) is 4.39 Å². The highest BCUT2D eigenvalue weighted by Crippen LogP contribution is 2.17. The highest BCUT2D eigenvalue weighted by molar-refractivity contribution is 9.10. The van der Waals surface area contributed by atoms with Crippen molar-refractivity contribution >= 4 is 15.9 Å². The van der Waals surface area contributed by atoms with E-state index in [0.29, 0.717) is 6.42 Å². The Morgan fingerprint density at radius 2 is 1.92 bits per heavy atom. The van der Waals surface area contributed by atoms with Gasteiger partial charge in [-0.2, -0.15) is 0 Å². The molecule has 12 heavy (non-hydrogen) atoms.